The molecule has 1 atom stereocenters. The molecule has 0 bridgehead atoms. The Labute approximate surface area is 80.5 Å². The highest BCUT2D eigenvalue weighted by atomic mass is 32.1. The van der Waals surface area contributed by atoms with Crippen LogP contribution in [-0.4, -0.2) is 11.1 Å². The lowest BCUT2D eigenvalue weighted by Gasteiger charge is -2.00. The zero-order valence-electron chi connectivity index (χ0n) is 7.06. The summed E-state index contributed by atoms with van der Waals surface area (Å²) in [5.74, 6) is -0.819. The standard InChI is InChI=1S/C9H11NO2S/c1-2-8(10)6-3-7(13-5-6)4-9(11)12/h2-3,5,8H,1,4,10H2,(H,11,12). The fourth-order valence-electron chi connectivity index (χ4n) is 0.950. The van der Waals surface area contributed by atoms with Crippen LogP contribution in [0.2, 0.25) is 0 Å². The summed E-state index contributed by atoms with van der Waals surface area (Å²) in [6, 6.07) is 1.62. The lowest BCUT2D eigenvalue weighted by molar-refractivity contribution is -0.136. The molecule has 70 valence electrons. The third-order valence-electron chi connectivity index (χ3n) is 1.64. The van der Waals surface area contributed by atoms with Crippen molar-refractivity contribution >= 4 is 17.3 Å². The fraction of sp³-hybridized carbons (Fsp3) is 0.222. The fourth-order valence-corrected chi connectivity index (χ4v) is 1.87. The van der Waals surface area contributed by atoms with Crippen molar-refractivity contribution in [1.82, 2.24) is 0 Å². The molecular weight excluding hydrogens is 186 g/mol. The van der Waals surface area contributed by atoms with Gasteiger partial charge in [0.15, 0.2) is 0 Å². The van der Waals surface area contributed by atoms with Crippen LogP contribution in [0.1, 0.15) is 16.5 Å². The van der Waals surface area contributed by atoms with Crippen molar-refractivity contribution in [2.45, 2.75) is 12.5 Å². The first-order valence-electron chi connectivity index (χ1n) is 3.80. The number of hydrogen-bond donors (Lipinski definition) is 2. The van der Waals surface area contributed by atoms with Gasteiger partial charge in [-0.2, -0.15) is 0 Å². The molecule has 1 aromatic rings. The van der Waals surface area contributed by atoms with Gasteiger partial charge in [-0.1, -0.05) is 6.08 Å². The highest BCUT2D eigenvalue weighted by Gasteiger charge is 2.07. The van der Waals surface area contributed by atoms with Gasteiger partial charge in [-0.05, 0) is 17.0 Å². The van der Waals surface area contributed by atoms with E-state index >= 15 is 0 Å². The van der Waals surface area contributed by atoms with Crippen LogP contribution in [0, 0.1) is 0 Å². The van der Waals surface area contributed by atoms with Gasteiger partial charge in [0.25, 0.3) is 0 Å². The van der Waals surface area contributed by atoms with Gasteiger partial charge in [0, 0.05) is 10.9 Å². The lowest BCUT2D eigenvalue weighted by atomic mass is 10.1. The molecule has 0 aliphatic rings. The second-order valence-electron chi connectivity index (χ2n) is 2.68. The zero-order chi connectivity index (χ0) is 9.84. The summed E-state index contributed by atoms with van der Waals surface area (Å²) in [7, 11) is 0. The molecule has 4 heteroatoms. The molecule has 1 rings (SSSR count). The highest BCUT2D eigenvalue weighted by Crippen LogP contribution is 2.20. The smallest absolute Gasteiger partial charge is 0.308 e. The number of nitrogens with two attached hydrogens (primary N) is 1. The van der Waals surface area contributed by atoms with Gasteiger partial charge in [-0.15, -0.1) is 17.9 Å². The van der Waals surface area contributed by atoms with Crippen LogP contribution < -0.4 is 5.73 Å². The van der Waals surface area contributed by atoms with Crippen molar-refractivity contribution in [2.75, 3.05) is 0 Å². The van der Waals surface area contributed by atoms with Crippen LogP contribution in [0.15, 0.2) is 24.1 Å². The van der Waals surface area contributed by atoms with Gasteiger partial charge in [0.05, 0.1) is 6.42 Å². The molecule has 1 unspecified atom stereocenters. The molecule has 13 heavy (non-hydrogen) atoms. The average molecular weight is 197 g/mol. The maximum absolute atomic E-state index is 10.4. The molecule has 1 heterocycles. The second kappa shape index (κ2) is 4.20. The van der Waals surface area contributed by atoms with E-state index in [9.17, 15) is 4.79 Å². The molecule has 3 nitrogen and oxygen atoms in total. The van der Waals surface area contributed by atoms with Gasteiger partial charge in [0.1, 0.15) is 0 Å². The molecule has 0 saturated heterocycles. The van der Waals surface area contributed by atoms with Crippen molar-refractivity contribution in [3.05, 3.63) is 34.5 Å². The maximum Gasteiger partial charge on any atom is 0.308 e. The van der Waals surface area contributed by atoms with Crippen molar-refractivity contribution < 1.29 is 9.90 Å². The lowest BCUT2D eigenvalue weighted by Crippen LogP contribution is -2.04. The number of hydrogen-bond acceptors (Lipinski definition) is 3. The van der Waals surface area contributed by atoms with E-state index in [0.717, 1.165) is 10.4 Å². The Balaban J connectivity index is 2.74. The molecule has 0 fully saturated rings. The number of rotatable bonds is 4. The summed E-state index contributed by atoms with van der Waals surface area (Å²) in [6.45, 7) is 3.57. The summed E-state index contributed by atoms with van der Waals surface area (Å²) in [6.07, 6.45) is 1.70. The monoisotopic (exact) mass is 197 g/mol. The first-order chi connectivity index (χ1) is 6.13. The van der Waals surface area contributed by atoms with Crippen LogP contribution in [0.3, 0.4) is 0 Å². The molecular formula is C9H11NO2S. The van der Waals surface area contributed by atoms with E-state index in [-0.39, 0.29) is 12.5 Å². The maximum atomic E-state index is 10.4. The molecule has 0 aliphatic carbocycles. The predicted molar refractivity (Wildman–Crippen MR) is 52.8 cm³/mol. The first-order valence-corrected chi connectivity index (χ1v) is 4.68. The van der Waals surface area contributed by atoms with Crippen molar-refractivity contribution in [3.63, 3.8) is 0 Å². The Morgan fingerprint density at radius 3 is 3.08 bits per heavy atom. The first kappa shape index (κ1) is 9.95. The Kier molecular flexibility index (Phi) is 3.22. The van der Waals surface area contributed by atoms with Gasteiger partial charge in [-0.3, -0.25) is 4.79 Å². The minimum Gasteiger partial charge on any atom is -0.481 e. The summed E-state index contributed by atoms with van der Waals surface area (Å²) < 4.78 is 0. The molecule has 3 N–H and O–H groups in total. The highest BCUT2D eigenvalue weighted by molar-refractivity contribution is 7.10. The third-order valence-corrected chi connectivity index (χ3v) is 2.59. The van der Waals surface area contributed by atoms with E-state index in [4.69, 9.17) is 10.8 Å². The Morgan fingerprint density at radius 2 is 2.54 bits per heavy atom. The predicted octanol–water partition coefficient (Wildman–Crippen LogP) is 1.56. The van der Waals surface area contributed by atoms with E-state index in [1.807, 2.05) is 11.4 Å². The van der Waals surface area contributed by atoms with Crippen molar-refractivity contribution in [2.24, 2.45) is 5.73 Å². The number of carboxylic acids is 1. The average Bonchev–Trinajstić information content (AvgIpc) is 2.50. The molecule has 0 aromatic carbocycles. The van der Waals surface area contributed by atoms with E-state index in [0.29, 0.717) is 0 Å². The Bertz CT molecular complexity index is 319. The normalized spacial score (nSPS) is 12.4. The Morgan fingerprint density at radius 1 is 1.85 bits per heavy atom. The molecule has 1 aromatic heterocycles. The summed E-state index contributed by atoms with van der Waals surface area (Å²) in [5.41, 5.74) is 6.61. The van der Waals surface area contributed by atoms with Crippen LogP contribution in [-0.2, 0) is 11.2 Å². The Hall–Kier alpha value is -1.13. The van der Waals surface area contributed by atoms with E-state index < -0.39 is 5.97 Å². The third kappa shape index (κ3) is 2.68. The summed E-state index contributed by atoms with van der Waals surface area (Å²) in [5, 5.41) is 10.4. The summed E-state index contributed by atoms with van der Waals surface area (Å²) in [4.78, 5) is 11.2. The number of thiophene rings is 1. The van der Waals surface area contributed by atoms with Gasteiger partial charge < -0.3 is 10.8 Å². The van der Waals surface area contributed by atoms with Crippen LogP contribution in [0.25, 0.3) is 0 Å². The number of carbonyl (C=O) groups is 1. The minimum atomic E-state index is -0.819. The summed E-state index contributed by atoms with van der Waals surface area (Å²) >= 11 is 1.41. The minimum absolute atomic E-state index is 0.0640. The zero-order valence-corrected chi connectivity index (χ0v) is 7.88. The number of aliphatic carboxylic acids is 1. The van der Waals surface area contributed by atoms with Crippen LogP contribution in [0.5, 0.6) is 0 Å². The van der Waals surface area contributed by atoms with E-state index in [1.54, 1.807) is 6.08 Å². The van der Waals surface area contributed by atoms with Gasteiger partial charge >= 0.3 is 5.97 Å². The quantitative estimate of drug-likeness (QED) is 0.720. The van der Waals surface area contributed by atoms with Crippen LogP contribution in [0.4, 0.5) is 0 Å². The molecule has 0 spiro atoms. The van der Waals surface area contributed by atoms with Crippen molar-refractivity contribution in [3.8, 4) is 0 Å². The van der Waals surface area contributed by atoms with Crippen molar-refractivity contribution in [1.29, 1.82) is 0 Å². The molecule has 0 saturated carbocycles. The SMILES string of the molecule is C=CC(N)c1csc(CC(=O)O)c1. The molecule has 0 radical (unpaired) electrons. The van der Waals surface area contributed by atoms with Gasteiger partial charge in [0.2, 0.25) is 0 Å². The second-order valence-corrected chi connectivity index (χ2v) is 3.67. The topological polar surface area (TPSA) is 63.3 Å². The molecule has 0 amide bonds. The van der Waals surface area contributed by atoms with E-state index in [1.165, 1.54) is 11.3 Å². The van der Waals surface area contributed by atoms with E-state index in [2.05, 4.69) is 6.58 Å². The molecule has 0 aliphatic heterocycles. The largest absolute Gasteiger partial charge is 0.481 e. The van der Waals surface area contributed by atoms with Crippen LogP contribution >= 0.6 is 11.3 Å². The number of carboxylic acid groups (broad SMARTS) is 1. The van der Waals surface area contributed by atoms with Gasteiger partial charge in [-0.25, -0.2) is 0 Å².